The molecular formula is C26H34N6O3. The third-order valence-electron chi connectivity index (χ3n) is 7.30. The summed E-state index contributed by atoms with van der Waals surface area (Å²) < 4.78 is 9.30. The maximum Gasteiger partial charge on any atom is 0.275 e. The summed E-state index contributed by atoms with van der Waals surface area (Å²) in [5.41, 5.74) is 1.09. The van der Waals surface area contributed by atoms with Gasteiger partial charge in [-0.05, 0) is 18.9 Å². The van der Waals surface area contributed by atoms with Gasteiger partial charge >= 0.3 is 0 Å². The van der Waals surface area contributed by atoms with Gasteiger partial charge in [0.1, 0.15) is 5.60 Å². The minimum absolute atomic E-state index is 0.0370. The minimum atomic E-state index is -1.00. The number of imidazole rings is 1. The molecule has 5 rings (SSSR count). The number of nitrogens with zero attached hydrogens (tertiary/aromatic N) is 5. The first-order chi connectivity index (χ1) is 17.1. The molecule has 0 bridgehead atoms. The fourth-order valence-electron chi connectivity index (χ4n) is 5.61. The molecular weight excluding hydrogens is 444 g/mol. The number of benzene rings is 1. The Morgan fingerprint density at radius 2 is 2.11 bits per heavy atom. The Balaban J connectivity index is 1.54. The molecule has 35 heavy (non-hydrogen) atoms. The van der Waals surface area contributed by atoms with E-state index in [-0.39, 0.29) is 24.6 Å². The number of nitrogens with one attached hydrogen (secondary N) is 1. The molecule has 1 saturated heterocycles. The van der Waals surface area contributed by atoms with Crippen LogP contribution in [0, 0.1) is 0 Å². The van der Waals surface area contributed by atoms with Crippen LogP contribution < -0.4 is 5.32 Å². The summed E-state index contributed by atoms with van der Waals surface area (Å²) in [5.74, 6) is -0.0904. The lowest BCUT2D eigenvalue weighted by atomic mass is 9.80. The first-order valence-electron chi connectivity index (χ1n) is 12.4. The van der Waals surface area contributed by atoms with Crippen LogP contribution >= 0.6 is 0 Å². The number of piperazine rings is 1. The van der Waals surface area contributed by atoms with Crippen LogP contribution in [-0.4, -0.2) is 80.2 Å². The van der Waals surface area contributed by atoms with Crippen molar-refractivity contribution in [3.8, 4) is 11.3 Å². The zero-order valence-corrected chi connectivity index (χ0v) is 20.2. The third kappa shape index (κ3) is 4.76. The Kier molecular flexibility index (Phi) is 6.99. The topological polar surface area (TPSA) is 97.4 Å². The molecule has 9 nitrogen and oxygen atoms in total. The van der Waals surface area contributed by atoms with Crippen molar-refractivity contribution in [1.82, 2.24) is 29.5 Å². The van der Waals surface area contributed by atoms with Crippen molar-refractivity contribution >= 4 is 5.91 Å². The molecule has 2 N–H and O–H groups in total. The van der Waals surface area contributed by atoms with E-state index < -0.39 is 5.60 Å². The molecule has 3 aromatic rings. The molecule has 1 aliphatic carbocycles. The number of hydrogen-bond donors (Lipinski definition) is 2. The second-order valence-corrected chi connectivity index (χ2v) is 9.60. The first kappa shape index (κ1) is 23.7. The quantitative estimate of drug-likeness (QED) is 0.541. The molecule has 0 radical (unpaired) electrons. The number of hydrogen-bond acceptors (Lipinski definition) is 6. The molecule has 2 fully saturated rings. The summed E-state index contributed by atoms with van der Waals surface area (Å²) >= 11 is 0. The van der Waals surface area contributed by atoms with Crippen LogP contribution in [0.15, 0.2) is 55.1 Å². The van der Waals surface area contributed by atoms with E-state index in [9.17, 15) is 9.90 Å². The molecule has 1 amide bonds. The van der Waals surface area contributed by atoms with Crippen molar-refractivity contribution in [2.75, 3.05) is 33.4 Å². The number of ether oxygens (including phenoxy) is 1. The number of carbonyl (C=O) groups excluding carboxylic acids is 1. The van der Waals surface area contributed by atoms with Gasteiger partial charge in [-0.15, -0.1) is 0 Å². The Bertz CT molecular complexity index is 1110. The predicted octanol–water partition coefficient (Wildman–Crippen LogP) is 2.35. The van der Waals surface area contributed by atoms with Crippen LogP contribution in [-0.2, 0) is 11.3 Å². The van der Waals surface area contributed by atoms with Gasteiger partial charge in [0.2, 0.25) is 0 Å². The SMILES string of the molecule is COC[C@]1(O)CCCC[C@H]1n1cnc(C(=O)N2CCNC[C@H]2Cn2cccn2)c1-c1ccccc1. The molecule has 2 aromatic heterocycles. The zero-order valence-electron chi connectivity index (χ0n) is 20.2. The lowest BCUT2D eigenvalue weighted by Gasteiger charge is -2.41. The predicted molar refractivity (Wildman–Crippen MR) is 132 cm³/mol. The number of amides is 1. The van der Waals surface area contributed by atoms with Gasteiger partial charge in [0.15, 0.2) is 5.69 Å². The average molecular weight is 479 g/mol. The second kappa shape index (κ2) is 10.3. The van der Waals surface area contributed by atoms with E-state index in [2.05, 4.69) is 15.4 Å². The number of aromatic nitrogens is 4. The third-order valence-corrected chi connectivity index (χ3v) is 7.30. The van der Waals surface area contributed by atoms with Crippen LogP contribution in [0.4, 0.5) is 0 Å². The highest BCUT2D eigenvalue weighted by Gasteiger charge is 2.42. The lowest BCUT2D eigenvalue weighted by Crippen LogP contribution is -2.55. The van der Waals surface area contributed by atoms with Gasteiger partial charge in [-0.1, -0.05) is 43.2 Å². The summed E-state index contributed by atoms with van der Waals surface area (Å²) in [5, 5.41) is 19.3. The van der Waals surface area contributed by atoms with Crippen molar-refractivity contribution in [2.45, 2.75) is 49.9 Å². The molecule has 1 aliphatic heterocycles. The van der Waals surface area contributed by atoms with Gasteiger partial charge in [0, 0.05) is 44.7 Å². The van der Waals surface area contributed by atoms with E-state index >= 15 is 0 Å². The standard InChI is InChI=1S/C26H34N6O3/c1-35-18-26(34)11-6-5-10-22(26)32-19-28-23(24(32)20-8-3-2-4-9-20)25(33)31-15-13-27-16-21(31)17-30-14-7-12-29-30/h2-4,7-9,12,14,19,21-22,27,34H,5-6,10-11,13,15-18H2,1H3/t21-,22+,26+/m0/s1. The first-order valence-corrected chi connectivity index (χ1v) is 12.4. The number of aliphatic hydroxyl groups is 1. The molecule has 186 valence electrons. The van der Waals surface area contributed by atoms with Gasteiger partial charge in [-0.3, -0.25) is 9.48 Å². The van der Waals surface area contributed by atoms with Crippen molar-refractivity contribution in [2.24, 2.45) is 0 Å². The highest BCUT2D eigenvalue weighted by molar-refractivity contribution is 5.98. The second-order valence-electron chi connectivity index (χ2n) is 9.60. The van der Waals surface area contributed by atoms with E-state index in [1.54, 1.807) is 19.6 Å². The largest absolute Gasteiger partial charge is 0.385 e. The average Bonchev–Trinajstić information content (AvgIpc) is 3.55. The Morgan fingerprint density at radius 1 is 1.26 bits per heavy atom. The van der Waals surface area contributed by atoms with Gasteiger partial charge in [-0.2, -0.15) is 5.10 Å². The summed E-state index contributed by atoms with van der Waals surface area (Å²) in [6, 6.07) is 11.5. The number of rotatable bonds is 7. The maximum atomic E-state index is 14.0. The van der Waals surface area contributed by atoms with E-state index in [1.165, 1.54) is 0 Å². The van der Waals surface area contributed by atoms with Gasteiger partial charge in [0.05, 0.1) is 37.3 Å². The maximum absolute atomic E-state index is 14.0. The molecule has 0 unspecified atom stereocenters. The summed E-state index contributed by atoms with van der Waals surface area (Å²) in [4.78, 5) is 20.6. The van der Waals surface area contributed by atoms with E-state index in [0.29, 0.717) is 31.7 Å². The highest BCUT2D eigenvalue weighted by atomic mass is 16.5. The van der Waals surface area contributed by atoms with Crippen molar-refractivity contribution in [1.29, 1.82) is 0 Å². The highest BCUT2D eigenvalue weighted by Crippen LogP contribution is 2.41. The summed E-state index contributed by atoms with van der Waals surface area (Å²) in [6.45, 7) is 2.89. The zero-order chi connectivity index (χ0) is 24.3. The fourth-order valence-corrected chi connectivity index (χ4v) is 5.61. The fraction of sp³-hybridized carbons (Fsp3) is 0.500. The van der Waals surface area contributed by atoms with Crippen molar-refractivity contribution < 1.29 is 14.6 Å². The molecule has 3 atom stereocenters. The van der Waals surface area contributed by atoms with Crippen molar-refractivity contribution in [3.05, 3.63) is 60.8 Å². The molecule has 1 saturated carbocycles. The monoisotopic (exact) mass is 478 g/mol. The molecule has 1 aromatic carbocycles. The van der Waals surface area contributed by atoms with Crippen molar-refractivity contribution in [3.63, 3.8) is 0 Å². The van der Waals surface area contributed by atoms with Gasteiger partial charge in [-0.25, -0.2) is 4.98 Å². The van der Waals surface area contributed by atoms with Crippen LogP contribution in [0.5, 0.6) is 0 Å². The minimum Gasteiger partial charge on any atom is -0.385 e. The van der Waals surface area contributed by atoms with Gasteiger partial charge in [0.25, 0.3) is 5.91 Å². The van der Waals surface area contributed by atoms with Crippen LogP contribution in [0.25, 0.3) is 11.3 Å². The number of methoxy groups -OCH3 is 1. The Labute approximate surface area is 205 Å². The van der Waals surface area contributed by atoms with Crippen LogP contribution in [0.3, 0.4) is 0 Å². The molecule has 9 heteroatoms. The molecule has 2 aliphatic rings. The normalized spacial score (nSPS) is 25.0. The Hall–Kier alpha value is -3.01. The van der Waals surface area contributed by atoms with Crippen LogP contribution in [0.2, 0.25) is 0 Å². The van der Waals surface area contributed by atoms with E-state index in [0.717, 1.165) is 37.1 Å². The summed E-state index contributed by atoms with van der Waals surface area (Å²) in [6.07, 6.45) is 8.83. The summed E-state index contributed by atoms with van der Waals surface area (Å²) in [7, 11) is 1.62. The molecule has 0 spiro atoms. The molecule has 3 heterocycles. The van der Waals surface area contributed by atoms with E-state index in [4.69, 9.17) is 4.74 Å². The van der Waals surface area contributed by atoms with Gasteiger partial charge < -0.3 is 24.6 Å². The lowest BCUT2D eigenvalue weighted by molar-refractivity contribution is -0.0893. The van der Waals surface area contributed by atoms with Crippen LogP contribution in [0.1, 0.15) is 42.2 Å². The smallest absolute Gasteiger partial charge is 0.275 e. The van der Waals surface area contributed by atoms with E-state index in [1.807, 2.05) is 56.7 Å². The Morgan fingerprint density at radius 3 is 2.89 bits per heavy atom. The number of carbonyl (C=O) groups is 1.